The van der Waals surface area contributed by atoms with Crippen molar-refractivity contribution in [1.29, 1.82) is 0 Å². The summed E-state index contributed by atoms with van der Waals surface area (Å²) in [6, 6.07) is 7.46. The average Bonchev–Trinajstić information content (AvgIpc) is 2.94. The number of hydrogen-bond acceptors (Lipinski definition) is 3. The number of hydrogen-bond donors (Lipinski definition) is 0. The van der Waals surface area contributed by atoms with Gasteiger partial charge in [0, 0.05) is 18.1 Å². The van der Waals surface area contributed by atoms with Crippen molar-refractivity contribution in [2.24, 2.45) is 5.92 Å². The standard InChI is InChI=1S/C17H22O3/c1-19-15-6-4-13(5-7-15)16(18)14-8-11-20-17(12-14)9-2-3-10-17/h4-7,14H,2-3,8-12H2,1H3. The van der Waals surface area contributed by atoms with Crippen LogP contribution in [0.3, 0.4) is 0 Å². The van der Waals surface area contributed by atoms with Crippen LogP contribution in [0.4, 0.5) is 0 Å². The highest BCUT2D eigenvalue weighted by atomic mass is 16.5. The molecule has 0 aromatic heterocycles. The van der Waals surface area contributed by atoms with Crippen LogP contribution in [0.25, 0.3) is 0 Å². The zero-order valence-electron chi connectivity index (χ0n) is 12.1. The highest BCUT2D eigenvalue weighted by molar-refractivity contribution is 5.98. The fourth-order valence-electron chi connectivity index (χ4n) is 3.61. The maximum Gasteiger partial charge on any atom is 0.166 e. The second kappa shape index (κ2) is 5.57. The molecule has 0 amide bonds. The minimum atomic E-state index is 0.00501. The van der Waals surface area contributed by atoms with Gasteiger partial charge in [-0.15, -0.1) is 0 Å². The maximum atomic E-state index is 12.6. The lowest BCUT2D eigenvalue weighted by atomic mass is 9.81. The topological polar surface area (TPSA) is 35.5 Å². The van der Waals surface area contributed by atoms with E-state index in [1.54, 1.807) is 7.11 Å². The highest BCUT2D eigenvalue weighted by Crippen LogP contribution is 2.42. The van der Waals surface area contributed by atoms with E-state index >= 15 is 0 Å². The van der Waals surface area contributed by atoms with Crippen molar-refractivity contribution in [2.75, 3.05) is 13.7 Å². The summed E-state index contributed by atoms with van der Waals surface area (Å²) in [5.74, 6) is 1.18. The summed E-state index contributed by atoms with van der Waals surface area (Å²) in [4.78, 5) is 12.6. The van der Waals surface area contributed by atoms with Crippen LogP contribution in [0.5, 0.6) is 5.75 Å². The fraction of sp³-hybridized carbons (Fsp3) is 0.588. The molecule has 0 bridgehead atoms. The highest BCUT2D eigenvalue weighted by Gasteiger charge is 2.41. The van der Waals surface area contributed by atoms with Gasteiger partial charge < -0.3 is 9.47 Å². The first-order valence-electron chi connectivity index (χ1n) is 7.55. The van der Waals surface area contributed by atoms with Gasteiger partial charge in [-0.25, -0.2) is 0 Å². The molecule has 0 radical (unpaired) electrons. The van der Waals surface area contributed by atoms with Crippen LogP contribution in [0.2, 0.25) is 0 Å². The van der Waals surface area contributed by atoms with Crippen molar-refractivity contribution in [3.63, 3.8) is 0 Å². The van der Waals surface area contributed by atoms with Gasteiger partial charge in [-0.3, -0.25) is 4.79 Å². The van der Waals surface area contributed by atoms with Crippen LogP contribution in [0, 0.1) is 5.92 Å². The smallest absolute Gasteiger partial charge is 0.166 e. The molecule has 1 aliphatic carbocycles. The molecule has 2 fully saturated rings. The number of ether oxygens (including phenoxy) is 2. The zero-order valence-corrected chi connectivity index (χ0v) is 12.1. The number of Topliss-reactive ketones (excluding diaryl/α,β-unsaturated/α-hetero) is 1. The average molecular weight is 274 g/mol. The van der Waals surface area contributed by atoms with Gasteiger partial charge in [-0.1, -0.05) is 12.8 Å². The van der Waals surface area contributed by atoms with Crippen LogP contribution in [0.1, 0.15) is 48.9 Å². The van der Waals surface area contributed by atoms with Crippen LogP contribution in [0.15, 0.2) is 24.3 Å². The Kier molecular flexibility index (Phi) is 3.79. The lowest BCUT2D eigenvalue weighted by Gasteiger charge is -2.37. The summed E-state index contributed by atoms with van der Waals surface area (Å²) in [7, 11) is 1.64. The SMILES string of the molecule is COc1ccc(C(=O)C2CCOC3(CCCC3)C2)cc1. The van der Waals surface area contributed by atoms with Crippen LogP contribution >= 0.6 is 0 Å². The molecule has 3 nitrogen and oxygen atoms in total. The van der Waals surface area contributed by atoms with E-state index in [1.807, 2.05) is 24.3 Å². The summed E-state index contributed by atoms with van der Waals surface area (Å²) in [6.07, 6.45) is 6.48. The quantitative estimate of drug-likeness (QED) is 0.790. The van der Waals surface area contributed by atoms with Gasteiger partial charge in [0.25, 0.3) is 0 Å². The summed E-state index contributed by atoms with van der Waals surface area (Å²) in [6.45, 7) is 0.729. The van der Waals surface area contributed by atoms with Crippen molar-refractivity contribution in [3.8, 4) is 5.75 Å². The molecule has 2 aliphatic rings. The number of ketones is 1. The molecular formula is C17H22O3. The van der Waals surface area contributed by atoms with Crippen LogP contribution in [-0.4, -0.2) is 25.1 Å². The summed E-state index contributed by atoms with van der Waals surface area (Å²) in [5.41, 5.74) is 0.802. The monoisotopic (exact) mass is 274 g/mol. The lowest BCUT2D eigenvalue weighted by Crippen LogP contribution is -2.39. The molecule has 20 heavy (non-hydrogen) atoms. The Labute approximate surface area is 120 Å². The Bertz CT molecular complexity index is 472. The van der Waals surface area contributed by atoms with E-state index in [9.17, 15) is 4.79 Å². The Balaban J connectivity index is 1.72. The molecule has 1 saturated carbocycles. The van der Waals surface area contributed by atoms with Crippen molar-refractivity contribution in [3.05, 3.63) is 29.8 Å². The summed E-state index contributed by atoms with van der Waals surface area (Å²) in [5, 5.41) is 0. The van der Waals surface area contributed by atoms with Crippen molar-refractivity contribution >= 4 is 5.78 Å². The third kappa shape index (κ3) is 2.59. The second-order valence-corrected chi connectivity index (χ2v) is 6.02. The van der Waals surface area contributed by atoms with Gasteiger partial charge in [0.1, 0.15) is 5.75 Å². The number of methoxy groups -OCH3 is 1. The molecular weight excluding hydrogens is 252 g/mol. The fourth-order valence-corrected chi connectivity index (χ4v) is 3.61. The van der Waals surface area contributed by atoms with Crippen molar-refractivity contribution in [1.82, 2.24) is 0 Å². The molecule has 1 saturated heterocycles. The molecule has 1 aromatic carbocycles. The number of rotatable bonds is 3. The Morgan fingerprint density at radius 1 is 1.25 bits per heavy atom. The zero-order chi connectivity index (χ0) is 14.0. The summed E-state index contributed by atoms with van der Waals surface area (Å²) < 4.78 is 11.1. The van der Waals surface area contributed by atoms with E-state index in [1.165, 1.54) is 12.8 Å². The van der Waals surface area contributed by atoms with Crippen LogP contribution < -0.4 is 4.74 Å². The van der Waals surface area contributed by atoms with Crippen LogP contribution in [-0.2, 0) is 4.74 Å². The third-order valence-electron chi connectivity index (χ3n) is 4.75. The number of carbonyl (C=O) groups is 1. The van der Waals surface area contributed by atoms with E-state index in [2.05, 4.69) is 0 Å². The normalized spacial score (nSPS) is 24.8. The first-order valence-corrected chi connectivity index (χ1v) is 7.55. The van der Waals surface area contributed by atoms with Gasteiger partial charge >= 0.3 is 0 Å². The minimum Gasteiger partial charge on any atom is -0.497 e. The molecule has 0 N–H and O–H groups in total. The largest absolute Gasteiger partial charge is 0.497 e. The molecule has 1 spiro atoms. The number of benzene rings is 1. The third-order valence-corrected chi connectivity index (χ3v) is 4.75. The van der Waals surface area contributed by atoms with Gasteiger partial charge in [0.2, 0.25) is 0 Å². The predicted molar refractivity (Wildman–Crippen MR) is 77.2 cm³/mol. The molecule has 1 unspecified atom stereocenters. The maximum absolute atomic E-state index is 12.6. The summed E-state index contributed by atoms with van der Waals surface area (Å²) >= 11 is 0. The van der Waals surface area contributed by atoms with E-state index < -0.39 is 0 Å². The Hall–Kier alpha value is -1.35. The molecule has 1 atom stereocenters. The van der Waals surface area contributed by atoms with E-state index in [0.717, 1.165) is 43.6 Å². The molecule has 1 aliphatic heterocycles. The number of carbonyl (C=O) groups excluding carboxylic acids is 1. The van der Waals surface area contributed by atoms with Crippen molar-refractivity contribution in [2.45, 2.75) is 44.1 Å². The van der Waals surface area contributed by atoms with Gasteiger partial charge in [0.15, 0.2) is 5.78 Å². The molecule has 3 rings (SSSR count). The van der Waals surface area contributed by atoms with E-state index in [0.29, 0.717) is 0 Å². The molecule has 3 heteroatoms. The molecule has 1 aromatic rings. The van der Waals surface area contributed by atoms with E-state index in [-0.39, 0.29) is 17.3 Å². The van der Waals surface area contributed by atoms with Gasteiger partial charge in [-0.2, -0.15) is 0 Å². The van der Waals surface area contributed by atoms with Gasteiger partial charge in [0.05, 0.1) is 12.7 Å². The first kappa shape index (κ1) is 13.6. The van der Waals surface area contributed by atoms with Gasteiger partial charge in [-0.05, 0) is 49.9 Å². The first-order chi connectivity index (χ1) is 9.72. The van der Waals surface area contributed by atoms with E-state index in [4.69, 9.17) is 9.47 Å². The lowest BCUT2D eigenvalue weighted by molar-refractivity contribution is -0.0866. The minimum absolute atomic E-state index is 0.00501. The van der Waals surface area contributed by atoms with Crippen molar-refractivity contribution < 1.29 is 14.3 Å². The molecule has 1 heterocycles. The Morgan fingerprint density at radius 2 is 1.95 bits per heavy atom. The Morgan fingerprint density at radius 3 is 2.60 bits per heavy atom. The second-order valence-electron chi connectivity index (χ2n) is 6.02. The predicted octanol–water partition coefficient (Wildman–Crippen LogP) is 3.62. The molecule has 108 valence electrons.